The molecule has 2 aromatic rings. The van der Waals surface area contributed by atoms with Crippen LogP contribution in [0.15, 0.2) is 24.4 Å². The molecule has 0 aliphatic carbocycles. The second-order valence-electron chi connectivity index (χ2n) is 9.03. The number of nitrogens with zero attached hydrogens (tertiary/aromatic N) is 3. The molecule has 0 bridgehead atoms. The van der Waals surface area contributed by atoms with E-state index in [0.717, 1.165) is 23.1 Å². The van der Waals surface area contributed by atoms with E-state index >= 15 is 0 Å². The fourth-order valence-electron chi connectivity index (χ4n) is 3.85. The number of benzene rings is 1. The second kappa shape index (κ2) is 8.95. The number of carboxylic acid groups (broad SMARTS) is 1. The molecule has 0 fully saturated rings. The number of carbonyl (C=O) groups is 2. The third-order valence-electron chi connectivity index (χ3n) is 5.44. The normalized spacial score (nSPS) is 20.6. The van der Waals surface area contributed by atoms with Crippen molar-refractivity contribution in [2.75, 3.05) is 4.90 Å². The number of rotatable bonds is 3. The van der Waals surface area contributed by atoms with E-state index in [1.54, 1.807) is 27.7 Å². The molecule has 1 aromatic carbocycles. The van der Waals surface area contributed by atoms with Crippen molar-refractivity contribution >= 4 is 40.3 Å². The lowest BCUT2D eigenvalue weighted by atomic mass is 9.80. The Hall–Kier alpha value is -2.48. The molecule has 8 nitrogen and oxygen atoms in total. The number of halogens is 4. The van der Waals surface area contributed by atoms with Crippen molar-refractivity contribution in [3.63, 3.8) is 0 Å². The van der Waals surface area contributed by atoms with Crippen molar-refractivity contribution in [3.8, 4) is 0 Å². The first kappa shape index (κ1) is 26.1. The molecular formula is C22H24F3IN4O4. The third kappa shape index (κ3) is 5.11. The van der Waals surface area contributed by atoms with Crippen molar-refractivity contribution < 1.29 is 32.6 Å². The Balaban J connectivity index is 2.22. The molecule has 0 radical (unpaired) electrons. The van der Waals surface area contributed by atoms with Gasteiger partial charge in [-0.15, -0.1) is 0 Å². The fraction of sp³-hybridized carbons (Fsp3) is 0.455. The number of hydrogen-bond acceptors (Lipinski definition) is 6. The van der Waals surface area contributed by atoms with Gasteiger partial charge in [-0.05, 0) is 80.0 Å². The quantitative estimate of drug-likeness (QED) is 0.374. The highest BCUT2D eigenvalue weighted by molar-refractivity contribution is 14.1. The topological polar surface area (TPSA) is 119 Å². The predicted octanol–water partition coefficient (Wildman–Crippen LogP) is 5.14. The number of hydrogen-bond donors (Lipinski definition) is 2. The zero-order valence-electron chi connectivity index (χ0n) is 18.9. The van der Waals surface area contributed by atoms with Crippen LogP contribution in [0.3, 0.4) is 0 Å². The summed E-state index contributed by atoms with van der Waals surface area (Å²) in [5.41, 5.74) is 3.33. The van der Waals surface area contributed by atoms with Crippen LogP contribution in [0.25, 0.3) is 0 Å². The molecule has 0 saturated heterocycles. The summed E-state index contributed by atoms with van der Waals surface area (Å²) >= 11 is 1.87. The van der Waals surface area contributed by atoms with Gasteiger partial charge in [0, 0.05) is 12.1 Å². The van der Waals surface area contributed by atoms with E-state index < -0.39 is 41.0 Å². The van der Waals surface area contributed by atoms with E-state index in [2.05, 4.69) is 9.97 Å². The van der Waals surface area contributed by atoms with Gasteiger partial charge in [-0.25, -0.2) is 19.6 Å². The molecule has 12 heteroatoms. The molecule has 1 aliphatic heterocycles. The minimum absolute atomic E-state index is 0.0158. The van der Waals surface area contributed by atoms with E-state index in [-0.39, 0.29) is 35.6 Å². The van der Waals surface area contributed by atoms with Crippen LogP contribution in [0.4, 0.5) is 23.7 Å². The molecule has 0 spiro atoms. The molecule has 34 heavy (non-hydrogen) atoms. The molecule has 1 aliphatic rings. The van der Waals surface area contributed by atoms with E-state index in [1.165, 1.54) is 6.20 Å². The van der Waals surface area contributed by atoms with Gasteiger partial charge in [0.2, 0.25) is 0 Å². The number of fused-ring (bicyclic) bond motifs is 1. The van der Waals surface area contributed by atoms with Crippen LogP contribution in [0, 0.1) is 3.57 Å². The van der Waals surface area contributed by atoms with Crippen LogP contribution in [0.2, 0.25) is 0 Å². The lowest BCUT2D eigenvalue weighted by Crippen LogP contribution is -2.61. The summed E-state index contributed by atoms with van der Waals surface area (Å²) in [6.45, 7) is 6.77. The van der Waals surface area contributed by atoms with Gasteiger partial charge in [-0.1, -0.05) is 6.92 Å². The summed E-state index contributed by atoms with van der Waals surface area (Å²) in [5, 5.41) is 9.83. The Morgan fingerprint density at radius 2 is 1.97 bits per heavy atom. The Morgan fingerprint density at radius 1 is 1.32 bits per heavy atom. The van der Waals surface area contributed by atoms with Crippen LogP contribution in [-0.2, 0) is 10.9 Å². The largest absolute Gasteiger partial charge is 0.465 e. The minimum Gasteiger partial charge on any atom is -0.465 e. The summed E-state index contributed by atoms with van der Waals surface area (Å²) in [6.07, 6.45) is -4.56. The smallest absolute Gasteiger partial charge is 0.416 e. The Labute approximate surface area is 207 Å². The average Bonchev–Trinajstić information content (AvgIpc) is 2.70. The molecular weight excluding hydrogens is 568 g/mol. The van der Waals surface area contributed by atoms with Gasteiger partial charge >= 0.3 is 18.2 Å². The zero-order valence-corrected chi connectivity index (χ0v) is 21.1. The molecule has 3 rings (SSSR count). The fourth-order valence-corrected chi connectivity index (χ4v) is 4.33. The van der Waals surface area contributed by atoms with Crippen LogP contribution in [0.1, 0.15) is 73.9 Å². The van der Waals surface area contributed by atoms with E-state index in [9.17, 15) is 27.9 Å². The van der Waals surface area contributed by atoms with Crippen LogP contribution in [0.5, 0.6) is 0 Å². The monoisotopic (exact) mass is 592 g/mol. The Morgan fingerprint density at radius 3 is 2.50 bits per heavy atom. The molecule has 3 N–H and O–H groups in total. The molecule has 2 atom stereocenters. The Bertz CT molecular complexity index is 1140. The molecule has 0 saturated carbocycles. The predicted molar refractivity (Wildman–Crippen MR) is 126 cm³/mol. The van der Waals surface area contributed by atoms with Crippen molar-refractivity contribution in [3.05, 3.63) is 50.6 Å². The van der Waals surface area contributed by atoms with Crippen LogP contribution >= 0.6 is 22.6 Å². The van der Waals surface area contributed by atoms with Gasteiger partial charge in [0.25, 0.3) is 0 Å². The third-order valence-corrected chi connectivity index (χ3v) is 6.23. The van der Waals surface area contributed by atoms with E-state index in [1.807, 2.05) is 22.6 Å². The Kier molecular flexibility index (Phi) is 6.88. The highest BCUT2D eigenvalue weighted by atomic mass is 127. The minimum atomic E-state index is -4.65. The number of ether oxygens (including phenoxy) is 1. The molecule has 184 valence electrons. The number of anilines is 1. The molecule has 1 amide bonds. The first-order valence-electron chi connectivity index (χ1n) is 10.4. The van der Waals surface area contributed by atoms with Gasteiger partial charge in [0.1, 0.15) is 17.1 Å². The average molecular weight is 592 g/mol. The van der Waals surface area contributed by atoms with Gasteiger partial charge in [-0.2, -0.15) is 13.2 Å². The van der Waals surface area contributed by atoms with Gasteiger partial charge < -0.3 is 15.6 Å². The summed E-state index contributed by atoms with van der Waals surface area (Å²) in [5.74, 6) is -1.55. The van der Waals surface area contributed by atoms with Crippen molar-refractivity contribution in [1.29, 1.82) is 0 Å². The zero-order chi connectivity index (χ0) is 25.6. The maximum atomic E-state index is 13.5. The SMILES string of the molecule is CC[C@]1(N)C[C@H](c2ncc(I)c(C(=O)OC(C)(C)C)n2)c2cc(C(F)(F)F)ccc2N1C(=O)O. The van der Waals surface area contributed by atoms with Crippen molar-refractivity contribution in [2.45, 2.75) is 63.9 Å². The number of esters is 1. The maximum Gasteiger partial charge on any atom is 0.416 e. The number of nitrogens with two attached hydrogens (primary N) is 1. The molecule has 0 unspecified atom stereocenters. The first-order valence-corrected chi connectivity index (χ1v) is 11.4. The van der Waals surface area contributed by atoms with Gasteiger partial charge in [-0.3, -0.25) is 4.90 Å². The summed E-state index contributed by atoms with van der Waals surface area (Å²) in [4.78, 5) is 34.3. The lowest BCUT2D eigenvalue weighted by molar-refractivity contribution is -0.137. The lowest BCUT2D eigenvalue weighted by Gasteiger charge is -2.46. The van der Waals surface area contributed by atoms with E-state index in [4.69, 9.17) is 10.5 Å². The number of carbonyl (C=O) groups excluding carboxylic acids is 1. The first-order chi connectivity index (χ1) is 15.6. The highest BCUT2D eigenvalue weighted by Gasteiger charge is 2.46. The van der Waals surface area contributed by atoms with Gasteiger partial charge in [0.15, 0.2) is 5.69 Å². The molecule has 2 heterocycles. The number of amides is 1. The van der Waals surface area contributed by atoms with Crippen molar-refractivity contribution in [1.82, 2.24) is 9.97 Å². The van der Waals surface area contributed by atoms with Gasteiger partial charge in [0.05, 0.1) is 14.8 Å². The second-order valence-corrected chi connectivity index (χ2v) is 10.2. The van der Waals surface area contributed by atoms with Crippen LogP contribution in [-0.4, -0.2) is 38.4 Å². The summed E-state index contributed by atoms with van der Waals surface area (Å²) in [6, 6.07) is 2.80. The number of alkyl halides is 3. The maximum absolute atomic E-state index is 13.5. The summed E-state index contributed by atoms with van der Waals surface area (Å²) in [7, 11) is 0. The van der Waals surface area contributed by atoms with E-state index in [0.29, 0.717) is 3.57 Å². The molecule has 1 aromatic heterocycles. The number of aromatic nitrogens is 2. The highest BCUT2D eigenvalue weighted by Crippen LogP contribution is 2.47. The van der Waals surface area contributed by atoms with Crippen LogP contribution < -0.4 is 10.6 Å². The summed E-state index contributed by atoms with van der Waals surface area (Å²) < 4.78 is 46.3. The van der Waals surface area contributed by atoms with Crippen molar-refractivity contribution in [2.24, 2.45) is 5.73 Å². The standard InChI is InChI=1S/C22H24F3IN4O4/c1-5-21(27)9-13(17-28-10-14(26)16(29-17)18(31)34-20(2,3)4)12-8-11(22(23,24)25)6-7-15(12)30(21)19(32)33/h6-8,10,13H,5,9,27H2,1-4H3,(H,32,33)/t13-,21+/m0/s1.